The monoisotopic (exact) mass is 501 g/mol. The number of aryl methyl sites for hydroxylation is 1. The maximum Gasteiger partial charge on any atom is 0.327 e. The summed E-state index contributed by atoms with van der Waals surface area (Å²) < 4.78 is 7.85. The van der Waals surface area contributed by atoms with Crippen LogP contribution in [0, 0.1) is 19.3 Å². The Kier molecular flexibility index (Phi) is 6.63. The summed E-state index contributed by atoms with van der Waals surface area (Å²) in [4.78, 5) is 32.9. The second kappa shape index (κ2) is 10.0. The number of likely N-dealkylation sites (tertiary alicyclic amines) is 1. The average Bonchev–Trinajstić information content (AvgIpc) is 3.59. The largest absolute Gasteiger partial charge is 0.383 e. The van der Waals surface area contributed by atoms with Gasteiger partial charge in [-0.15, -0.1) is 17.8 Å². The van der Waals surface area contributed by atoms with E-state index in [1.807, 2.05) is 48.2 Å². The zero-order valence-corrected chi connectivity index (χ0v) is 21.0. The highest BCUT2D eigenvalue weighted by atomic mass is 32.1. The van der Waals surface area contributed by atoms with Crippen LogP contribution in [0.4, 0.5) is 16.2 Å². The summed E-state index contributed by atoms with van der Waals surface area (Å²) in [6.07, 6.45) is 8.96. The van der Waals surface area contributed by atoms with E-state index in [1.54, 1.807) is 17.9 Å². The number of carbonyl (C=O) groups excluding carboxylic acids is 2. The molecule has 8 nitrogen and oxygen atoms in total. The van der Waals surface area contributed by atoms with Crippen LogP contribution in [0.1, 0.15) is 28.2 Å². The Hall–Kier alpha value is -3.87. The van der Waals surface area contributed by atoms with Crippen LogP contribution in [-0.2, 0) is 4.74 Å². The van der Waals surface area contributed by atoms with Crippen LogP contribution in [0.25, 0.3) is 21.1 Å². The molecule has 0 spiro atoms. The fraction of sp³-hybridized carbons (Fsp3) is 0.296. The fourth-order valence-electron chi connectivity index (χ4n) is 4.81. The molecule has 1 aliphatic heterocycles. The molecule has 0 radical (unpaired) electrons. The molecule has 184 valence electrons. The number of terminal acetylenes is 1. The van der Waals surface area contributed by atoms with Gasteiger partial charge in [-0.25, -0.2) is 4.79 Å². The first-order chi connectivity index (χ1) is 17.5. The lowest BCUT2D eigenvalue weighted by molar-refractivity contribution is 0.0635. The zero-order valence-electron chi connectivity index (χ0n) is 20.2. The molecule has 1 aromatic carbocycles. The number of thiophene rings is 1. The SMILES string of the molecule is C#CCNC(=O)n1c(C)cc2cc(Nc3ccnc4cc(C(=O)N5CCC[C@@H]5COC)sc34)ccc21. The molecule has 1 atom stereocenters. The van der Waals surface area contributed by atoms with Gasteiger partial charge >= 0.3 is 6.03 Å². The smallest absolute Gasteiger partial charge is 0.327 e. The van der Waals surface area contributed by atoms with Crippen molar-refractivity contribution in [2.24, 2.45) is 0 Å². The molecule has 4 heterocycles. The minimum absolute atomic E-state index is 0.0323. The van der Waals surface area contributed by atoms with Gasteiger partial charge in [0.2, 0.25) is 0 Å². The first kappa shape index (κ1) is 23.9. The van der Waals surface area contributed by atoms with Crippen molar-refractivity contribution in [2.75, 3.05) is 32.1 Å². The first-order valence-electron chi connectivity index (χ1n) is 11.8. The molecule has 9 heteroatoms. The topological polar surface area (TPSA) is 88.5 Å². The molecule has 36 heavy (non-hydrogen) atoms. The Labute approximate surface area is 213 Å². The van der Waals surface area contributed by atoms with Crippen molar-refractivity contribution in [1.82, 2.24) is 19.8 Å². The number of hydrogen-bond acceptors (Lipinski definition) is 6. The minimum atomic E-state index is -0.251. The van der Waals surface area contributed by atoms with Gasteiger partial charge in [0.25, 0.3) is 5.91 Å². The number of fused-ring (bicyclic) bond motifs is 2. The van der Waals surface area contributed by atoms with Gasteiger partial charge in [-0.2, -0.15) is 0 Å². The second-order valence-electron chi connectivity index (χ2n) is 8.82. The summed E-state index contributed by atoms with van der Waals surface area (Å²) in [5.74, 6) is 2.45. The lowest BCUT2D eigenvalue weighted by Crippen LogP contribution is -2.37. The maximum atomic E-state index is 13.3. The van der Waals surface area contributed by atoms with E-state index in [-0.39, 0.29) is 24.5 Å². The molecular formula is C27H27N5O3S. The van der Waals surface area contributed by atoms with E-state index in [2.05, 4.69) is 21.5 Å². The number of rotatable bonds is 6. The Bertz CT molecular complexity index is 1500. The quantitative estimate of drug-likeness (QED) is 0.373. The molecule has 5 rings (SSSR count). The van der Waals surface area contributed by atoms with Crippen LogP contribution < -0.4 is 10.6 Å². The summed E-state index contributed by atoms with van der Waals surface area (Å²) in [6, 6.07) is 11.4. The van der Waals surface area contributed by atoms with Crippen molar-refractivity contribution in [1.29, 1.82) is 0 Å². The predicted molar refractivity (Wildman–Crippen MR) is 143 cm³/mol. The van der Waals surface area contributed by atoms with E-state index < -0.39 is 0 Å². The molecule has 2 amide bonds. The summed E-state index contributed by atoms with van der Waals surface area (Å²) in [7, 11) is 1.67. The van der Waals surface area contributed by atoms with Crippen molar-refractivity contribution in [3.8, 4) is 12.3 Å². The maximum absolute atomic E-state index is 13.3. The van der Waals surface area contributed by atoms with Gasteiger partial charge in [0.05, 0.1) is 45.5 Å². The number of carbonyl (C=O) groups is 2. The molecule has 0 bridgehead atoms. The number of aromatic nitrogens is 2. The van der Waals surface area contributed by atoms with Gasteiger partial charge in [-0.3, -0.25) is 14.3 Å². The minimum Gasteiger partial charge on any atom is -0.383 e. The lowest BCUT2D eigenvalue weighted by atomic mass is 10.2. The Balaban J connectivity index is 1.42. The molecule has 1 saturated heterocycles. The van der Waals surface area contributed by atoms with Gasteiger partial charge in [-0.1, -0.05) is 5.92 Å². The summed E-state index contributed by atoms with van der Waals surface area (Å²) >= 11 is 1.45. The van der Waals surface area contributed by atoms with Crippen LogP contribution in [0.3, 0.4) is 0 Å². The Morgan fingerprint density at radius 3 is 2.94 bits per heavy atom. The van der Waals surface area contributed by atoms with Crippen molar-refractivity contribution in [2.45, 2.75) is 25.8 Å². The van der Waals surface area contributed by atoms with Crippen LogP contribution in [0.15, 0.2) is 42.6 Å². The summed E-state index contributed by atoms with van der Waals surface area (Å²) in [5.41, 5.74) is 4.15. The number of anilines is 2. The number of ether oxygens (including phenoxy) is 1. The highest BCUT2D eigenvalue weighted by Crippen LogP contribution is 2.35. The zero-order chi connectivity index (χ0) is 25.2. The molecular weight excluding hydrogens is 474 g/mol. The highest BCUT2D eigenvalue weighted by molar-refractivity contribution is 7.21. The summed E-state index contributed by atoms with van der Waals surface area (Å²) in [5, 5.41) is 7.11. The van der Waals surface area contributed by atoms with Crippen LogP contribution in [0.2, 0.25) is 0 Å². The molecule has 1 fully saturated rings. The molecule has 0 saturated carbocycles. The molecule has 3 aromatic heterocycles. The number of pyridine rings is 1. The number of benzene rings is 1. The number of amides is 2. The molecule has 2 N–H and O–H groups in total. The van der Waals surface area contributed by atoms with Gasteiger partial charge in [-0.05, 0) is 56.2 Å². The average molecular weight is 502 g/mol. The van der Waals surface area contributed by atoms with Crippen LogP contribution in [-0.4, -0.2) is 59.2 Å². The summed E-state index contributed by atoms with van der Waals surface area (Å²) in [6.45, 7) is 3.36. The molecule has 0 unspecified atom stereocenters. The van der Waals surface area contributed by atoms with Crippen molar-refractivity contribution >= 4 is 55.8 Å². The van der Waals surface area contributed by atoms with Crippen LogP contribution in [0.5, 0.6) is 0 Å². The van der Waals surface area contributed by atoms with Crippen molar-refractivity contribution in [3.63, 3.8) is 0 Å². The molecule has 4 aromatic rings. The highest BCUT2D eigenvalue weighted by Gasteiger charge is 2.30. The van der Waals surface area contributed by atoms with E-state index in [1.165, 1.54) is 11.3 Å². The number of methoxy groups -OCH3 is 1. The Morgan fingerprint density at radius 2 is 2.14 bits per heavy atom. The van der Waals surface area contributed by atoms with Gasteiger partial charge in [0.15, 0.2) is 0 Å². The van der Waals surface area contributed by atoms with Gasteiger partial charge < -0.3 is 20.3 Å². The van der Waals surface area contributed by atoms with Gasteiger partial charge in [0, 0.05) is 36.6 Å². The molecule has 1 aliphatic rings. The fourth-order valence-corrected chi connectivity index (χ4v) is 5.85. The van der Waals surface area contributed by atoms with Crippen LogP contribution >= 0.6 is 11.3 Å². The van der Waals surface area contributed by atoms with E-state index >= 15 is 0 Å². The first-order valence-corrected chi connectivity index (χ1v) is 12.6. The van der Waals surface area contributed by atoms with E-state index in [0.29, 0.717) is 11.5 Å². The van der Waals surface area contributed by atoms with E-state index in [0.717, 1.165) is 57.6 Å². The number of nitrogens with one attached hydrogen (secondary N) is 2. The third-order valence-corrected chi connectivity index (χ3v) is 7.57. The predicted octanol–water partition coefficient (Wildman–Crippen LogP) is 4.74. The van der Waals surface area contributed by atoms with E-state index in [9.17, 15) is 9.59 Å². The second-order valence-corrected chi connectivity index (χ2v) is 9.87. The van der Waals surface area contributed by atoms with Crippen molar-refractivity contribution < 1.29 is 14.3 Å². The molecule has 0 aliphatic carbocycles. The van der Waals surface area contributed by atoms with Gasteiger partial charge in [0.1, 0.15) is 0 Å². The normalized spacial score (nSPS) is 15.4. The third kappa shape index (κ3) is 4.41. The third-order valence-electron chi connectivity index (χ3n) is 6.43. The standard InChI is InChI=1S/C27H27N5O3S/c1-4-10-29-27(34)32-17(2)13-18-14-19(7-8-23(18)32)30-21-9-11-28-22-15-24(36-25(21)22)26(33)31-12-5-6-20(31)16-35-3/h1,7-9,11,13-15,20H,5-6,10,12,16H2,2-3H3,(H,28,30)(H,29,34)/t20-/m1/s1. The number of nitrogens with zero attached hydrogens (tertiary/aromatic N) is 3. The number of hydrogen-bond donors (Lipinski definition) is 2. The van der Waals surface area contributed by atoms with E-state index in [4.69, 9.17) is 11.2 Å². The Morgan fingerprint density at radius 1 is 1.28 bits per heavy atom. The van der Waals surface area contributed by atoms with Crippen molar-refractivity contribution in [3.05, 3.63) is 53.2 Å². The lowest BCUT2D eigenvalue weighted by Gasteiger charge is -2.23.